The van der Waals surface area contributed by atoms with Crippen LogP contribution in [0.25, 0.3) is 5.69 Å². The third kappa shape index (κ3) is 6.81. The Balaban J connectivity index is 1.96. The van der Waals surface area contributed by atoms with Crippen LogP contribution in [0.4, 0.5) is 0 Å². The first kappa shape index (κ1) is 24.8. The predicted octanol–water partition coefficient (Wildman–Crippen LogP) is 4.59. The SMILES string of the molecule is CCCN(Cc1c(C)nn(-c2ccccc2)c1Oc1cccc(OC)c1)C[C@H](O)COCC. The monoisotopic (exact) mass is 453 g/mol. The van der Waals surface area contributed by atoms with Crippen molar-refractivity contribution in [1.29, 1.82) is 0 Å². The van der Waals surface area contributed by atoms with Crippen molar-refractivity contribution >= 4 is 0 Å². The Morgan fingerprint density at radius 2 is 1.82 bits per heavy atom. The van der Waals surface area contributed by atoms with E-state index in [4.69, 9.17) is 19.3 Å². The fraction of sp³-hybridized carbons (Fsp3) is 0.423. The number of ether oxygens (including phenoxy) is 3. The highest BCUT2D eigenvalue weighted by atomic mass is 16.5. The van der Waals surface area contributed by atoms with Crippen molar-refractivity contribution in [3.05, 3.63) is 65.9 Å². The Morgan fingerprint density at radius 3 is 2.52 bits per heavy atom. The quantitative estimate of drug-likeness (QED) is 0.408. The van der Waals surface area contributed by atoms with Gasteiger partial charge in [-0.05, 0) is 51.1 Å². The van der Waals surface area contributed by atoms with Gasteiger partial charge in [0.2, 0.25) is 5.88 Å². The molecule has 1 heterocycles. The number of rotatable bonds is 13. The van der Waals surface area contributed by atoms with Crippen molar-refractivity contribution < 1.29 is 19.3 Å². The summed E-state index contributed by atoms with van der Waals surface area (Å²) < 4.78 is 19.0. The van der Waals surface area contributed by atoms with Crippen LogP contribution in [-0.2, 0) is 11.3 Å². The number of aryl methyl sites for hydroxylation is 1. The molecule has 0 spiro atoms. The maximum Gasteiger partial charge on any atom is 0.227 e. The lowest BCUT2D eigenvalue weighted by Crippen LogP contribution is -2.35. The van der Waals surface area contributed by atoms with E-state index >= 15 is 0 Å². The molecule has 0 saturated carbocycles. The Labute approximate surface area is 196 Å². The highest BCUT2D eigenvalue weighted by Gasteiger charge is 2.22. The molecule has 3 rings (SSSR count). The molecule has 0 aliphatic rings. The van der Waals surface area contributed by atoms with Crippen LogP contribution in [0.15, 0.2) is 54.6 Å². The van der Waals surface area contributed by atoms with Gasteiger partial charge in [-0.25, -0.2) is 4.68 Å². The van der Waals surface area contributed by atoms with E-state index in [-0.39, 0.29) is 0 Å². The molecule has 1 aromatic heterocycles. The van der Waals surface area contributed by atoms with Crippen LogP contribution in [0.5, 0.6) is 17.4 Å². The zero-order valence-corrected chi connectivity index (χ0v) is 20.0. The van der Waals surface area contributed by atoms with Crippen LogP contribution in [0.3, 0.4) is 0 Å². The Kier molecular flexibility index (Phi) is 9.30. The van der Waals surface area contributed by atoms with E-state index in [0.29, 0.717) is 37.9 Å². The van der Waals surface area contributed by atoms with Crippen LogP contribution < -0.4 is 9.47 Å². The minimum absolute atomic E-state index is 0.326. The fourth-order valence-electron chi connectivity index (χ4n) is 3.73. The second kappa shape index (κ2) is 12.4. The van der Waals surface area contributed by atoms with Crippen molar-refractivity contribution in [2.24, 2.45) is 0 Å². The Morgan fingerprint density at radius 1 is 1.06 bits per heavy atom. The predicted molar refractivity (Wildman–Crippen MR) is 129 cm³/mol. The van der Waals surface area contributed by atoms with Crippen molar-refractivity contribution in [1.82, 2.24) is 14.7 Å². The van der Waals surface area contributed by atoms with Gasteiger partial charge in [0.1, 0.15) is 11.5 Å². The number of aromatic nitrogens is 2. The summed E-state index contributed by atoms with van der Waals surface area (Å²) in [5.74, 6) is 2.06. The lowest BCUT2D eigenvalue weighted by atomic mass is 10.2. The Hall–Kier alpha value is -2.87. The first-order valence-corrected chi connectivity index (χ1v) is 11.5. The molecule has 7 heteroatoms. The van der Waals surface area contributed by atoms with Gasteiger partial charge < -0.3 is 19.3 Å². The van der Waals surface area contributed by atoms with E-state index in [1.807, 2.05) is 73.1 Å². The summed E-state index contributed by atoms with van der Waals surface area (Å²) in [6, 6.07) is 17.5. The molecule has 0 aliphatic carbocycles. The van der Waals surface area contributed by atoms with Gasteiger partial charge in [0.05, 0.1) is 36.8 Å². The number of nitrogens with zero attached hydrogens (tertiary/aromatic N) is 3. The van der Waals surface area contributed by atoms with Crippen LogP contribution in [0, 0.1) is 6.92 Å². The van der Waals surface area contributed by atoms with Crippen molar-refractivity contribution in [3.63, 3.8) is 0 Å². The fourth-order valence-corrected chi connectivity index (χ4v) is 3.73. The number of hydrogen-bond donors (Lipinski definition) is 1. The van der Waals surface area contributed by atoms with Gasteiger partial charge in [-0.3, -0.25) is 4.90 Å². The minimum Gasteiger partial charge on any atom is -0.497 e. The zero-order valence-electron chi connectivity index (χ0n) is 20.0. The molecule has 1 N–H and O–H groups in total. The van der Waals surface area contributed by atoms with E-state index in [1.54, 1.807) is 7.11 Å². The van der Waals surface area contributed by atoms with Gasteiger partial charge in [0.15, 0.2) is 0 Å². The molecular weight excluding hydrogens is 418 g/mol. The van der Waals surface area contributed by atoms with Gasteiger partial charge in [0, 0.05) is 25.8 Å². The van der Waals surface area contributed by atoms with Crippen LogP contribution in [0.2, 0.25) is 0 Å². The van der Waals surface area contributed by atoms with Crippen molar-refractivity contribution in [3.8, 4) is 23.1 Å². The molecule has 0 unspecified atom stereocenters. The first-order valence-electron chi connectivity index (χ1n) is 11.5. The molecule has 33 heavy (non-hydrogen) atoms. The van der Waals surface area contributed by atoms with Crippen LogP contribution in [0.1, 0.15) is 31.5 Å². The summed E-state index contributed by atoms with van der Waals surface area (Å²) in [5.41, 5.74) is 2.79. The molecule has 1 atom stereocenters. The molecule has 0 amide bonds. The van der Waals surface area contributed by atoms with E-state index in [2.05, 4.69) is 11.8 Å². The molecule has 7 nitrogen and oxygen atoms in total. The van der Waals surface area contributed by atoms with Gasteiger partial charge in [0.25, 0.3) is 0 Å². The minimum atomic E-state index is -0.552. The van der Waals surface area contributed by atoms with Gasteiger partial charge in [-0.1, -0.05) is 31.2 Å². The maximum absolute atomic E-state index is 10.4. The third-order valence-electron chi connectivity index (χ3n) is 5.30. The zero-order chi connectivity index (χ0) is 23.6. The number of benzene rings is 2. The topological polar surface area (TPSA) is 69.0 Å². The first-order chi connectivity index (χ1) is 16.0. The maximum atomic E-state index is 10.4. The van der Waals surface area contributed by atoms with Gasteiger partial charge >= 0.3 is 0 Å². The normalized spacial score (nSPS) is 12.2. The van der Waals surface area contributed by atoms with Crippen molar-refractivity contribution in [2.75, 3.05) is 33.4 Å². The molecular formula is C26H35N3O4. The molecule has 178 valence electrons. The summed E-state index contributed by atoms with van der Waals surface area (Å²) in [5, 5.41) is 15.2. The third-order valence-corrected chi connectivity index (χ3v) is 5.30. The second-order valence-electron chi connectivity index (χ2n) is 7.95. The average Bonchev–Trinajstić information content (AvgIpc) is 3.13. The van der Waals surface area contributed by atoms with E-state index in [1.165, 1.54) is 0 Å². The molecule has 0 fully saturated rings. The molecule has 0 bridgehead atoms. The standard InChI is InChI=1S/C26H35N3O4/c1-5-15-28(17-22(30)19-32-6-2)18-25-20(3)27-29(21-11-8-7-9-12-21)26(25)33-24-14-10-13-23(16-24)31-4/h7-14,16,22,30H,5-6,15,17-19H2,1-4H3/t22-/m0/s1. The van der Waals surface area contributed by atoms with Gasteiger partial charge in [-0.15, -0.1) is 0 Å². The summed E-state index contributed by atoms with van der Waals surface area (Å²) in [6.45, 7) is 8.94. The summed E-state index contributed by atoms with van der Waals surface area (Å²) in [4.78, 5) is 2.22. The van der Waals surface area contributed by atoms with Crippen LogP contribution in [-0.4, -0.2) is 59.3 Å². The lowest BCUT2D eigenvalue weighted by Gasteiger charge is -2.25. The average molecular weight is 454 g/mol. The number of para-hydroxylation sites is 1. The van der Waals surface area contributed by atoms with Gasteiger partial charge in [-0.2, -0.15) is 5.10 Å². The van der Waals surface area contributed by atoms with Crippen molar-refractivity contribution in [2.45, 2.75) is 39.8 Å². The van der Waals surface area contributed by atoms with E-state index < -0.39 is 6.10 Å². The molecule has 0 radical (unpaired) electrons. The smallest absolute Gasteiger partial charge is 0.227 e. The lowest BCUT2D eigenvalue weighted by molar-refractivity contribution is 0.0195. The molecule has 0 aliphatic heterocycles. The summed E-state index contributed by atoms with van der Waals surface area (Å²) in [6.07, 6.45) is 0.419. The summed E-state index contributed by atoms with van der Waals surface area (Å²) in [7, 11) is 1.64. The molecule has 2 aromatic carbocycles. The number of aliphatic hydroxyl groups excluding tert-OH is 1. The highest BCUT2D eigenvalue weighted by Crippen LogP contribution is 2.33. The molecule has 0 saturated heterocycles. The van der Waals surface area contributed by atoms with E-state index in [0.717, 1.165) is 35.7 Å². The summed E-state index contributed by atoms with van der Waals surface area (Å²) >= 11 is 0. The highest BCUT2D eigenvalue weighted by molar-refractivity contribution is 5.44. The number of aliphatic hydroxyl groups is 1. The largest absolute Gasteiger partial charge is 0.497 e. The Bertz CT molecular complexity index is 990. The van der Waals surface area contributed by atoms with E-state index in [9.17, 15) is 5.11 Å². The molecule has 3 aromatic rings. The van der Waals surface area contributed by atoms with Crippen LogP contribution >= 0.6 is 0 Å². The second-order valence-corrected chi connectivity index (χ2v) is 7.95. The number of methoxy groups -OCH3 is 1. The number of hydrogen-bond acceptors (Lipinski definition) is 6.